The number of hydrogen-bond donors (Lipinski definition) is 3. The van der Waals surface area contributed by atoms with Crippen LogP contribution in [0, 0.1) is 0 Å². The third-order valence-electron chi connectivity index (χ3n) is 3.89. The SMILES string of the molecule is CC1(C)O[C@@H]2[C@@H](CC[C@](O)(C(C)(C)O)[C@H]2O)O1. The Labute approximate surface area is 101 Å². The van der Waals surface area contributed by atoms with Gasteiger partial charge in [-0.2, -0.15) is 0 Å². The highest BCUT2D eigenvalue weighted by Crippen LogP contribution is 2.44. The molecule has 5 nitrogen and oxygen atoms in total. The summed E-state index contributed by atoms with van der Waals surface area (Å²) < 4.78 is 11.3. The fraction of sp³-hybridized carbons (Fsp3) is 1.00. The van der Waals surface area contributed by atoms with Gasteiger partial charge in [0.2, 0.25) is 0 Å². The van der Waals surface area contributed by atoms with Crippen molar-refractivity contribution in [3.63, 3.8) is 0 Å². The molecular formula is C12H22O5. The molecule has 1 saturated heterocycles. The molecule has 17 heavy (non-hydrogen) atoms. The van der Waals surface area contributed by atoms with Crippen LogP contribution in [-0.4, -0.2) is 50.6 Å². The van der Waals surface area contributed by atoms with Crippen molar-refractivity contribution < 1.29 is 24.8 Å². The van der Waals surface area contributed by atoms with Crippen molar-refractivity contribution in [1.82, 2.24) is 0 Å². The molecule has 0 aromatic rings. The summed E-state index contributed by atoms with van der Waals surface area (Å²) in [7, 11) is 0. The van der Waals surface area contributed by atoms with E-state index in [1.807, 2.05) is 0 Å². The van der Waals surface area contributed by atoms with Crippen molar-refractivity contribution in [1.29, 1.82) is 0 Å². The first-order valence-electron chi connectivity index (χ1n) is 6.05. The Hall–Kier alpha value is -0.200. The quantitative estimate of drug-likeness (QED) is 0.614. The maximum absolute atomic E-state index is 10.5. The van der Waals surface area contributed by atoms with Gasteiger partial charge in [-0.25, -0.2) is 0 Å². The fourth-order valence-corrected chi connectivity index (χ4v) is 2.80. The van der Waals surface area contributed by atoms with Crippen molar-refractivity contribution in [3.05, 3.63) is 0 Å². The molecule has 3 N–H and O–H groups in total. The highest BCUT2D eigenvalue weighted by atomic mass is 16.8. The van der Waals surface area contributed by atoms with Crippen molar-refractivity contribution in [3.8, 4) is 0 Å². The molecule has 2 fully saturated rings. The van der Waals surface area contributed by atoms with Crippen LogP contribution in [0.5, 0.6) is 0 Å². The van der Waals surface area contributed by atoms with E-state index in [4.69, 9.17) is 9.47 Å². The molecule has 2 aliphatic rings. The maximum Gasteiger partial charge on any atom is 0.163 e. The Morgan fingerprint density at radius 2 is 1.82 bits per heavy atom. The lowest BCUT2D eigenvalue weighted by Crippen LogP contribution is -2.65. The molecule has 1 aliphatic carbocycles. The van der Waals surface area contributed by atoms with Gasteiger partial charge in [0.1, 0.15) is 17.8 Å². The molecule has 4 atom stereocenters. The van der Waals surface area contributed by atoms with E-state index in [1.54, 1.807) is 13.8 Å². The predicted molar refractivity (Wildman–Crippen MR) is 60.3 cm³/mol. The van der Waals surface area contributed by atoms with Crippen LogP contribution in [0.4, 0.5) is 0 Å². The lowest BCUT2D eigenvalue weighted by Gasteiger charge is -2.48. The van der Waals surface area contributed by atoms with Gasteiger partial charge in [-0.05, 0) is 40.5 Å². The van der Waals surface area contributed by atoms with Crippen LogP contribution in [0.2, 0.25) is 0 Å². The van der Waals surface area contributed by atoms with Crippen molar-refractivity contribution in [2.45, 2.75) is 75.8 Å². The minimum Gasteiger partial charge on any atom is -0.387 e. The summed E-state index contributed by atoms with van der Waals surface area (Å²) in [6.45, 7) is 6.55. The number of rotatable bonds is 1. The molecule has 0 unspecified atom stereocenters. The molecule has 0 aromatic heterocycles. The molecule has 1 saturated carbocycles. The lowest BCUT2D eigenvalue weighted by molar-refractivity contribution is -0.236. The average Bonchev–Trinajstić information content (AvgIpc) is 2.46. The first kappa shape index (κ1) is 13.2. The number of ether oxygens (including phenoxy) is 2. The smallest absolute Gasteiger partial charge is 0.163 e. The molecule has 2 rings (SSSR count). The summed E-state index contributed by atoms with van der Waals surface area (Å²) in [6, 6.07) is 0. The van der Waals surface area contributed by atoms with Gasteiger partial charge < -0.3 is 24.8 Å². The zero-order chi connectivity index (χ0) is 13.1. The fourth-order valence-electron chi connectivity index (χ4n) is 2.80. The van der Waals surface area contributed by atoms with E-state index in [-0.39, 0.29) is 12.5 Å². The Kier molecular flexibility index (Phi) is 2.84. The highest BCUT2D eigenvalue weighted by Gasteiger charge is 2.59. The Morgan fingerprint density at radius 3 is 2.35 bits per heavy atom. The standard InChI is InChI=1S/C12H22O5/c1-10(2,14)12(15)6-5-7-8(9(12)13)17-11(3,4)16-7/h7-9,13-15H,5-6H2,1-4H3/t7-,8-,9+,12-/m1/s1. The second kappa shape index (κ2) is 3.65. The number of hydrogen-bond acceptors (Lipinski definition) is 5. The minimum absolute atomic E-state index is 0.220. The van der Waals surface area contributed by atoms with Gasteiger partial charge in [0, 0.05) is 0 Å². The van der Waals surface area contributed by atoms with Crippen molar-refractivity contribution in [2.75, 3.05) is 0 Å². The largest absolute Gasteiger partial charge is 0.387 e. The molecule has 0 spiro atoms. The molecule has 1 heterocycles. The lowest BCUT2D eigenvalue weighted by atomic mass is 9.70. The van der Waals surface area contributed by atoms with E-state index in [2.05, 4.69) is 0 Å². The summed E-state index contributed by atoms with van der Waals surface area (Å²) in [4.78, 5) is 0. The summed E-state index contributed by atoms with van der Waals surface area (Å²) in [6.07, 6.45) is -1.11. The Bertz CT molecular complexity index is 309. The second-order valence-electron chi connectivity index (χ2n) is 6.11. The molecule has 1 aliphatic heterocycles. The van der Waals surface area contributed by atoms with E-state index < -0.39 is 29.2 Å². The van der Waals surface area contributed by atoms with Crippen molar-refractivity contribution in [2.24, 2.45) is 0 Å². The second-order valence-corrected chi connectivity index (χ2v) is 6.11. The van der Waals surface area contributed by atoms with Crippen LogP contribution in [0.3, 0.4) is 0 Å². The molecule has 0 aromatic carbocycles. The number of aliphatic hydroxyl groups is 3. The molecular weight excluding hydrogens is 224 g/mol. The van der Waals surface area contributed by atoms with Crippen LogP contribution >= 0.6 is 0 Å². The van der Waals surface area contributed by atoms with Gasteiger partial charge in [-0.3, -0.25) is 0 Å². The van der Waals surface area contributed by atoms with Gasteiger partial charge in [-0.1, -0.05) is 0 Å². The Morgan fingerprint density at radius 1 is 1.24 bits per heavy atom. The van der Waals surface area contributed by atoms with Gasteiger partial charge in [-0.15, -0.1) is 0 Å². The van der Waals surface area contributed by atoms with Crippen LogP contribution < -0.4 is 0 Å². The van der Waals surface area contributed by atoms with E-state index in [0.717, 1.165) is 0 Å². The first-order chi connectivity index (χ1) is 7.57. The molecule has 100 valence electrons. The molecule has 5 heteroatoms. The van der Waals surface area contributed by atoms with E-state index in [9.17, 15) is 15.3 Å². The normalized spacial score (nSPS) is 45.7. The average molecular weight is 246 g/mol. The summed E-state index contributed by atoms with van der Waals surface area (Å²) in [5, 5.41) is 30.7. The third kappa shape index (κ3) is 2.00. The summed E-state index contributed by atoms with van der Waals surface area (Å²) in [5.74, 6) is -0.749. The summed E-state index contributed by atoms with van der Waals surface area (Å²) >= 11 is 0. The van der Waals surface area contributed by atoms with Crippen LogP contribution in [0.25, 0.3) is 0 Å². The predicted octanol–water partition coefficient (Wildman–Crippen LogP) is 0.163. The first-order valence-corrected chi connectivity index (χ1v) is 6.05. The zero-order valence-corrected chi connectivity index (χ0v) is 10.8. The Balaban J connectivity index is 2.24. The van der Waals surface area contributed by atoms with E-state index in [1.165, 1.54) is 13.8 Å². The van der Waals surface area contributed by atoms with E-state index >= 15 is 0 Å². The molecule has 0 bridgehead atoms. The van der Waals surface area contributed by atoms with Crippen LogP contribution in [-0.2, 0) is 9.47 Å². The summed E-state index contributed by atoms with van der Waals surface area (Å²) in [5.41, 5.74) is -2.94. The molecule has 0 radical (unpaired) electrons. The van der Waals surface area contributed by atoms with Crippen molar-refractivity contribution >= 4 is 0 Å². The highest BCUT2D eigenvalue weighted by molar-refractivity contribution is 5.09. The number of fused-ring (bicyclic) bond motifs is 1. The van der Waals surface area contributed by atoms with Gasteiger partial charge in [0.05, 0.1) is 11.7 Å². The van der Waals surface area contributed by atoms with Gasteiger partial charge >= 0.3 is 0 Å². The van der Waals surface area contributed by atoms with Gasteiger partial charge in [0.15, 0.2) is 5.79 Å². The van der Waals surface area contributed by atoms with Crippen LogP contribution in [0.1, 0.15) is 40.5 Å². The van der Waals surface area contributed by atoms with Gasteiger partial charge in [0.25, 0.3) is 0 Å². The monoisotopic (exact) mass is 246 g/mol. The minimum atomic E-state index is -1.56. The third-order valence-corrected chi connectivity index (χ3v) is 3.89. The van der Waals surface area contributed by atoms with E-state index in [0.29, 0.717) is 6.42 Å². The topological polar surface area (TPSA) is 79.2 Å². The van der Waals surface area contributed by atoms with Crippen LogP contribution in [0.15, 0.2) is 0 Å². The molecule has 0 amide bonds. The zero-order valence-electron chi connectivity index (χ0n) is 10.8. The number of aliphatic hydroxyl groups excluding tert-OH is 1. The maximum atomic E-state index is 10.5.